The minimum absolute atomic E-state index is 0.000380. The number of methoxy groups -OCH3 is 1. The monoisotopic (exact) mass is 448 g/mol. The Kier molecular flexibility index (Phi) is 6.91. The van der Waals surface area contributed by atoms with Crippen LogP contribution in [0.25, 0.3) is 0 Å². The Morgan fingerprint density at radius 2 is 1.86 bits per heavy atom. The van der Waals surface area contributed by atoms with Crippen LogP contribution in [0.15, 0.2) is 18.2 Å². The molecule has 1 aromatic carbocycles. The van der Waals surface area contributed by atoms with Crippen molar-refractivity contribution < 1.29 is 32.3 Å². The first-order valence-electron chi connectivity index (χ1n) is 8.19. The van der Waals surface area contributed by atoms with Crippen LogP contribution < -0.4 is 10.6 Å². The summed E-state index contributed by atoms with van der Waals surface area (Å²) in [5.74, 6) is -1.93. The molecule has 0 aliphatic rings. The van der Waals surface area contributed by atoms with Crippen LogP contribution in [0.4, 0.5) is 23.9 Å². The third kappa shape index (κ3) is 5.07. The lowest BCUT2D eigenvalue weighted by Gasteiger charge is -2.11. The SMILES string of the molecule is CCC(=O)Nc1sc(C(=O)Nc2cc(C(F)(F)F)ccc2Cl)c(C)c1C(=O)OC. The van der Waals surface area contributed by atoms with E-state index in [0.717, 1.165) is 30.6 Å². The standard InChI is InChI=1S/C18H16ClF3N2O4S/c1-4-12(25)24-16-13(17(27)28-3)8(2)14(29-16)15(26)23-11-7-9(18(20,21)22)5-6-10(11)19/h5-7H,4H2,1-3H3,(H,23,26)(H,24,25). The number of anilines is 2. The fraction of sp³-hybridized carbons (Fsp3) is 0.278. The summed E-state index contributed by atoms with van der Waals surface area (Å²) in [5, 5.41) is 4.86. The van der Waals surface area contributed by atoms with Crippen LogP contribution in [-0.2, 0) is 15.7 Å². The maximum absolute atomic E-state index is 12.9. The van der Waals surface area contributed by atoms with Crippen molar-refractivity contribution in [3.8, 4) is 0 Å². The molecule has 0 saturated carbocycles. The zero-order valence-electron chi connectivity index (χ0n) is 15.5. The third-order valence-electron chi connectivity index (χ3n) is 3.86. The van der Waals surface area contributed by atoms with Crippen LogP contribution in [0.3, 0.4) is 0 Å². The Balaban J connectivity index is 2.43. The predicted molar refractivity (Wildman–Crippen MR) is 104 cm³/mol. The number of thiophene rings is 1. The van der Waals surface area contributed by atoms with Crippen molar-refractivity contribution in [1.29, 1.82) is 0 Å². The highest BCUT2D eigenvalue weighted by atomic mass is 35.5. The summed E-state index contributed by atoms with van der Waals surface area (Å²) in [5.41, 5.74) is -1.00. The molecule has 0 aliphatic carbocycles. The third-order valence-corrected chi connectivity index (χ3v) is 5.39. The van der Waals surface area contributed by atoms with Gasteiger partial charge in [0.2, 0.25) is 5.91 Å². The molecule has 1 heterocycles. The molecule has 0 fully saturated rings. The molecule has 2 amide bonds. The van der Waals surface area contributed by atoms with Crippen molar-refractivity contribution >= 4 is 51.4 Å². The van der Waals surface area contributed by atoms with Gasteiger partial charge in [-0.05, 0) is 30.7 Å². The second-order valence-electron chi connectivity index (χ2n) is 5.80. The zero-order chi connectivity index (χ0) is 21.9. The predicted octanol–water partition coefficient (Wildman–Crippen LogP) is 5.12. The molecule has 29 heavy (non-hydrogen) atoms. The minimum Gasteiger partial charge on any atom is -0.465 e. The smallest absolute Gasteiger partial charge is 0.416 e. The highest BCUT2D eigenvalue weighted by molar-refractivity contribution is 7.19. The number of esters is 1. The number of halogens is 4. The average Bonchev–Trinajstić information content (AvgIpc) is 2.97. The number of carbonyl (C=O) groups is 3. The molecule has 156 valence electrons. The fourth-order valence-electron chi connectivity index (χ4n) is 2.36. The summed E-state index contributed by atoms with van der Waals surface area (Å²) in [6.45, 7) is 3.07. The Morgan fingerprint density at radius 3 is 2.41 bits per heavy atom. The Morgan fingerprint density at radius 1 is 1.21 bits per heavy atom. The van der Waals surface area contributed by atoms with E-state index < -0.39 is 23.6 Å². The van der Waals surface area contributed by atoms with Gasteiger partial charge < -0.3 is 15.4 Å². The van der Waals surface area contributed by atoms with Gasteiger partial charge in [-0.2, -0.15) is 13.2 Å². The molecule has 6 nitrogen and oxygen atoms in total. The van der Waals surface area contributed by atoms with Gasteiger partial charge in [-0.1, -0.05) is 18.5 Å². The van der Waals surface area contributed by atoms with Gasteiger partial charge >= 0.3 is 12.1 Å². The van der Waals surface area contributed by atoms with Crippen molar-refractivity contribution in [2.75, 3.05) is 17.7 Å². The number of ether oxygens (including phenoxy) is 1. The summed E-state index contributed by atoms with van der Waals surface area (Å²) in [4.78, 5) is 36.5. The van der Waals surface area contributed by atoms with E-state index in [1.807, 2.05) is 0 Å². The first-order chi connectivity index (χ1) is 13.5. The molecule has 2 aromatic rings. The first-order valence-corrected chi connectivity index (χ1v) is 9.38. The number of hydrogen-bond donors (Lipinski definition) is 2. The van der Waals surface area contributed by atoms with E-state index in [1.165, 1.54) is 6.92 Å². The second-order valence-corrected chi connectivity index (χ2v) is 7.23. The molecule has 0 saturated heterocycles. The minimum atomic E-state index is -4.61. The lowest BCUT2D eigenvalue weighted by molar-refractivity contribution is -0.137. The van der Waals surface area contributed by atoms with Crippen LogP contribution in [0.2, 0.25) is 5.02 Å². The molecule has 0 aliphatic heterocycles. The van der Waals surface area contributed by atoms with Crippen molar-refractivity contribution in [2.24, 2.45) is 0 Å². The van der Waals surface area contributed by atoms with Crippen LogP contribution in [0.5, 0.6) is 0 Å². The molecule has 1 aromatic heterocycles. The zero-order valence-corrected chi connectivity index (χ0v) is 17.1. The molecule has 0 atom stereocenters. The number of carbonyl (C=O) groups excluding carboxylic acids is 3. The molecule has 0 unspecified atom stereocenters. The van der Waals surface area contributed by atoms with Crippen LogP contribution >= 0.6 is 22.9 Å². The Hall–Kier alpha value is -2.59. The molecule has 0 radical (unpaired) electrons. The summed E-state index contributed by atoms with van der Waals surface area (Å²) in [6.07, 6.45) is -4.47. The normalized spacial score (nSPS) is 11.1. The highest BCUT2D eigenvalue weighted by Gasteiger charge is 2.31. The number of alkyl halides is 3. The van der Waals surface area contributed by atoms with E-state index in [4.69, 9.17) is 16.3 Å². The average molecular weight is 449 g/mol. The van der Waals surface area contributed by atoms with Gasteiger partial charge in [0.25, 0.3) is 5.91 Å². The van der Waals surface area contributed by atoms with Crippen LogP contribution in [0.1, 0.15) is 44.5 Å². The maximum atomic E-state index is 12.9. The van der Waals surface area contributed by atoms with Gasteiger partial charge in [-0.25, -0.2) is 4.79 Å². The molecule has 2 N–H and O–H groups in total. The van der Waals surface area contributed by atoms with E-state index in [-0.39, 0.29) is 44.0 Å². The van der Waals surface area contributed by atoms with E-state index in [2.05, 4.69) is 10.6 Å². The van der Waals surface area contributed by atoms with E-state index in [9.17, 15) is 27.6 Å². The highest BCUT2D eigenvalue weighted by Crippen LogP contribution is 2.36. The van der Waals surface area contributed by atoms with Crippen molar-refractivity contribution in [3.05, 3.63) is 44.8 Å². The summed E-state index contributed by atoms with van der Waals surface area (Å²) >= 11 is 6.71. The summed E-state index contributed by atoms with van der Waals surface area (Å²) < 4.78 is 43.4. The lowest BCUT2D eigenvalue weighted by Crippen LogP contribution is -2.14. The molecule has 0 bridgehead atoms. The number of rotatable bonds is 5. The molecular weight excluding hydrogens is 433 g/mol. The second kappa shape index (κ2) is 8.83. The van der Waals surface area contributed by atoms with Crippen molar-refractivity contribution in [1.82, 2.24) is 0 Å². The topological polar surface area (TPSA) is 84.5 Å². The summed E-state index contributed by atoms with van der Waals surface area (Å²) in [7, 11) is 1.15. The first kappa shape index (κ1) is 22.7. The fourth-order valence-corrected chi connectivity index (χ4v) is 3.63. The van der Waals surface area contributed by atoms with Gasteiger partial charge in [0, 0.05) is 6.42 Å². The molecule has 11 heteroatoms. The molecular formula is C18H16ClF3N2O4S. The van der Waals surface area contributed by atoms with Crippen molar-refractivity contribution in [3.63, 3.8) is 0 Å². The van der Waals surface area contributed by atoms with Crippen LogP contribution in [-0.4, -0.2) is 24.9 Å². The van der Waals surface area contributed by atoms with Gasteiger partial charge in [0.1, 0.15) is 5.00 Å². The number of nitrogens with one attached hydrogen (secondary N) is 2. The molecule has 2 rings (SSSR count). The molecule has 0 spiro atoms. The van der Waals surface area contributed by atoms with E-state index >= 15 is 0 Å². The van der Waals surface area contributed by atoms with Gasteiger partial charge in [0.05, 0.1) is 33.8 Å². The van der Waals surface area contributed by atoms with Gasteiger partial charge in [0.15, 0.2) is 0 Å². The number of benzene rings is 1. The lowest BCUT2D eigenvalue weighted by atomic mass is 10.1. The largest absolute Gasteiger partial charge is 0.465 e. The van der Waals surface area contributed by atoms with Crippen LogP contribution in [0, 0.1) is 6.92 Å². The maximum Gasteiger partial charge on any atom is 0.416 e. The van der Waals surface area contributed by atoms with E-state index in [1.54, 1.807) is 6.92 Å². The van der Waals surface area contributed by atoms with Gasteiger partial charge in [-0.15, -0.1) is 11.3 Å². The van der Waals surface area contributed by atoms with Gasteiger partial charge in [-0.3, -0.25) is 9.59 Å². The number of hydrogen-bond acceptors (Lipinski definition) is 5. The summed E-state index contributed by atoms with van der Waals surface area (Å²) in [6, 6.07) is 2.53. The van der Waals surface area contributed by atoms with E-state index in [0.29, 0.717) is 6.07 Å². The number of amides is 2. The Bertz CT molecular complexity index is 973. The van der Waals surface area contributed by atoms with Crippen molar-refractivity contribution in [2.45, 2.75) is 26.4 Å². The Labute approximate surface area is 173 Å². The quantitative estimate of drug-likeness (QED) is 0.622.